The van der Waals surface area contributed by atoms with Gasteiger partial charge in [0.1, 0.15) is 6.54 Å². The van der Waals surface area contributed by atoms with Gasteiger partial charge in [0.05, 0.1) is 17.5 Å². The summed E-state index contributed by atoms with van der Waals surface area (Å²) in [5.74, 6) is 0.458. The highest BCUT2D eigenvalue weighted by Crippen LogP contribution is 2.34. The number of nitrogens with one attached hydrogen (secondary N) is 1. The highest BCUT2D eigenvalue weighted by Gasteiger charge is 2.27. The summed E-state index contributed by atoms with van der Waals surface area (Å²) in [6.07, 6.45) is 0. The number of fused-ring (bicyclic) bond motifs is 1. The Hall–Kier alpha value is -2.27. The van der Waals surface area contributed by atoms with Gasteiger partial charge in [-0.1, -0.05) is 56.3 Å². The molecule has 0 spiro atoms. The lowest BCUT2D eigenvalue weighted by Gasteiger charge is -2.30. The molecule has 2 aromatic rings. The highest BCUT2D eigenvalue weighted by atomic mass is 32.2. The monoisotopic (exact) mass is 354 g/mol. The Kier molecular flexibility index (Phi) is 5.43. The van der Waals surface area contributed by atoms with E-state index in [-0.39, 0.29) is 30.3 Å². The zero-order valence-corrected chi connectivity index (χ0v) is 15.3. The van der Waals surface area contributed by atoms with Crippen molar-refractivity contribution < 1.29 is 9.59 Å². The quantitative estimate of drug-likeness (QED) is 0.892. The zero-order chi connectivity index (χ0) is 17.8. The molecular weight excluding hydrogens is 332 g/mol. The molecule has 0 aliphatic carbocycles. The fourth-order valence-electron chi connectivity index (χ4n) is 2.99. The fraction of sp³-hybridized carbons (Fsp3) is 0.300. The van der Waals surface area contributed by atoms with E-state index in [9.17, 15) is 9.59 Å². The van der Waals surface area contributed by atoms with Gasteiger partial charge in [0.15, 0.2) is 0 Å². The first-order chi connectivity index (χ1) is 12.1. The number of rotatable bonds is 5. The van der Waals surface area contributed by atoms with Crippen LogP contribution in [0.1, 0.15) is 25.5 Å². The molecule has 0 aromatic heterocycles. The molecule has 1 aliphatic heterocycles. The second-order valence-corrected chi connectivity index (χ2v) is 7.45. The van der Waals surface area contributed by atoms with E-state index < -0.39 is 0 Å². The van der Waals surface area contributed by atoms with Gasteiger partial charge in [-0.05, 0) is 23.6 Å². The van der Waals surface area contributed by atoms with Crippen molar-refractivity contribution in [1.82, 2.24) is 5.32 Å². The number of carbonyl (C=O) groups is 2. The van der Waals surface area contributed by atoms with E-state index in [1.165, 1.54) is 11.8 Å². The number of carbonyl (C=O) groups excluding carboxylic acids is 2. The van der Waals surface area contributed by atoms with Gasteiger partial charge in [-0.25, -0.2) is 0 Å². The lowest BCUT2D eigenvalue weighted by molar-refractivity contribution is -0.123. The number of hydrogen-bond acceptors (Lipinski definition) is 3. The minimum atomic E-state index is -0.141. The van der Waals surface area contributed by atoms with Gasteiger partial charge in [-0.3, -0.25) is 9.59 Å². The van der Waals surface area contributed by atoms with Crippen molar-refractivity contribution in [1.29, 1.82) is 0 Å². The first-order valence-electron chi connectivity index (χ1n) is 8.43. The van der Waals surface area contributed by atoms with Gasteiger partial charge >= 0.3 is 0 Å². The van der Waals surface area contributed by atoms with Crippen molar-refractivity contribution in [2.75, 3.05) is 17.2 Å². The van der Waals surface area contributed by atoms with Crippen molar-refractivity contribution in [2.24, 2.45) is 5.92 Å². The van der Waals surface area contributed by atoms with Crippen molar-refractivity contribution in [3.63, 3.8) is 0 Å². The van der Waals surface area contributed by atoms with Crippen LogP contribution < -0.4 is 10.2 Å². The van der Waals surface area contributed by atoms with Crippen LogP contribution in [0.5, 0.6) is 0 Å². The van der Waals surface area contributed by atoms with E-state index in [0.717, 1.165) is 16.1 Å². The van der Waals surface area contributed by atoms with E-state index in [0.29, 0.717) is 5.75 Å². The van der Waals surface area contributed by atoms with Crippen LogP contribution in [0, 0.1) is 5.92 Å². The Morgan fingerprint density at radius 2 is 1.80 bits per heavy atom. The third-order valence-corrected chi connectivity index (χ3v) is 5.30. The average molecular weight is 354 g/mol. The Morgan fingerprint density at radius 3 is 2.52 bits per heavy atom. The summed E-state index contributed by atoms with van der Waals surface area (Å²) in [6.45, 7) is 4.21. The number of hydrogen-bond donors (Lipinski definition) is 1. The van der Waals surface area contributed by atoms with Gasteiger partial charge in [0.25, 0.3) is 0 Å². The molecule has 1 N–H and O–H groups in total. The molecule has 2 aromatic carbocycles. The van der Waals surface area contributed by atoms with Gasteiger partial charge in [0, 0.05) is 4.90 Å². The van der Waals surface area contributed by atoms with Gasteiger partial charge in [-0.2, -0.15) is 0 Å². The SMILES string of the molecule is CC(C)[C@@H](NC(=O)CN1C(=O)CSc2ccccc21)c1ccccc1. The first kappa shape index (κ1) is 17.5. The van der Waals surface area contributed by atoms with E-state index >= 15 is 0 Å². The summed E-state index contributed by atoms with van der Waals surface area (Å²) < 4.78 is 0. The maximum Gasteiger partial charge on any atom is 0.240 e. The van der Waals surface area contributed by atoms with E-state index in [1.807, 2.05) is 54.6 Å². The number of nitrogens with zero attached hydrogens (tertiary/aromatic N) is 1. The molecule has 25 heavy (non-hydrogen) atoms. The molecule has 0 unspecified atom stereocenters. The molecule has 0 bridgehead atoms. The maximum absolute atomic E-state index is 12.6. The molecule has 0 fully saturated rings. The Morgan fingerprint density at radius 1 is 1.12 bits per heavy atom. The fourth-order valence-corrected chi connectivity index (χ4v) is 3.92. The van der Waals surface area contributed by atoms with Crippen LogP contribution in [0.15, 0.2) is 59.5 Å². The molecule has 3 rings (SSSR count). The Labute approximate surface area is 152 Å². The van der Waals surface area contributed by atoms with Gasteiger partial charge in [0.2, 0.25) is 11.8 Å². The maximum atomic E-state index is 12.6. The Bertz CT molecular complexity index is 761. The topological polar surface area (TPSA) is 49.4 Å². The van der Waals surface area contributed by atoms with Crippen molar-refractivity contribution in [3.05, 3.63) is 60.2 Å². The van der Waals surface area contributed by atoms with E-state index in [4.69, 9.17) is 0 Å². The summed E-state index contributed by atoms with van der Waals surface area (Å²) in [5, 5.41) is 3.09. The second-order valence-electron chi connectivity index (χ2n) is 6.44. The lowest BCUT2D eigenvalue weighted by atomic mass is 9.96. The predicted octanol–water partition coefficient (Wildman–Crippen LogP) is 3.64. The number of anilines is 1. The largest absolute Gasteiger partial charge is 0.347 e. The summed E-state index contributed by atoms with van der Waals surface area (Å²) in [4.78, 5) is 27.6. The molecule has 4 nitrogen and oxygen atoms in total. The minimum absolute atomic E-state index is 0.0281. The van der Waals surface area contributed by atoms with Crippen LogP contribution in [0.2, 0.25) is 0 Å². The van der Waals surface area contributed by atoms with Crippen molar-refractivity contribution in [3.8, 4) is 0 Å². The van der Waals surface area contributed by atoms with Crippen LogP contribution in [-0.2, 0) is 9.59 Å². The van der Waals surface area contributed by atoms with Crippen LogP contribution in [0.25, 0.3) is 0 Å². The predicted molar refractivity (Wildman–Crippen MR) is 102 cm³/mol. The smallest absolute Gasteiger partial charge is 0.240 e. The van der Waals surface area contributed by atoms with Crippen LogP contribution in [-0.4, -0.2) is 24.1 Å². The van der Waals surface area contributed by atoms with Crippen molar-refractivity contribution in [2.45, 2.75) is 24.8 Å². The molecule has 1 aliphatic rings. The number of para-hydroxylation sites is 1. The lowest BCUT2D eigenvalue weighted by Crippen LogP contribution is -2.44. The number of thioether (sulfide) groups is 1. The average Bonchev–Trinajstić information content (AvgIpc) is 2.62. The summed E-state index contributed by atoms with van der Waals surface area (Å²) in [5.41, 5.74) is 1.89. The molecule has 5 heteroatoms. The third-order valence-electron chi connectivity index (χ3n) is 4.25. The summed E-state index contributed by atoms with van der Waals surface area (Å²) in [7, 11) is 0. The standard InChI is InChI=1S/C20H22N2O2S/c1-14(2)20(15-8-4-3-5-9-15)21-18(23)12-22-16-10-6-7-11-17(16)25-13-19(22)24/h3-11,14,20H,12-13H2,1-2H3,(H,21,23)/t20-/m1/s1. The van der Waals surface area contributed by atoms with Gasteiger partial charge in [-0.15, -0.1) is 11.8 Å². The first-order valence-corrected chi connectivity index (χ1v) is 9.41. The summed E-state index contributed by atoms with van der Waals surface area (Å²) in [6, 6.07) is 17.6. The summed E-state index contributed by atoms with van der Waals surface area (Å²) >= 11 is 1.52. The minimum Gasteiger partial charge on any atom is -0.347 e. The van der Waals surface area contributed by atoms with E-state index in [2.05, 4.69) is 19.2 Å². The van der Waals surface area contributed by atoms with Crippen LogP contribution in [0.4, 0.5) is 5.69 Å². The van der Waals surface area contributed by atoms with Crippen LogP contribution in [0.3, 0.4) is 0 Å². The van der Waals surface area contributed by atoms with E-state index in [1.54, 1.807) is 4.90 Å². The number of benzene rings is 2. The molecule has 130 valence electrons. The Balaban J connectivity index is 1.75. The van der Waals surface area contributed by atoms with Gasteiger partial charge < -0.3 is 10.2 Å². The normalized spacial score (nSPS) is 15.0. The molecule has 0 saturated heterocycles. The van der Waals surface area contributed by atoms with Crippen LogP contribution >= 0.6 is 11.8 Å². The van der Waals surface area contributed by atoms with Crippen molar-refractivity contribution >= 4 is 29.3 Å². The molecule has 1 atom stereocenters. The molecule has 0 saturated carbocycles. The highest BCUT2D eigenvalue weighted by molar-refractivity contribution is 8.00. The molecule has 1 heterocycles. The third kappa shape index (κ3) is 4.04. The molecular formula is C20H22N2O2S. The second kappa shape index (κ2) is 7.74. The molecule has 0 radical (unpaired) electrons. The number of amides is 2. The molecule has 2 amide bonds. The zero-order valence-electron chi connectivity index (χ0n) is 14.4.